The highest BCUT2D eigenvalue weighted by Gasteiger charge is 2.53. The van der Waals surface area contributed by atoms with Crippen molar-refractivity contribution < 1.29 is 24.3 Å². The average Bonchev–Trinajstić information content (AvgIpc) is 2.71. The Morgan fingerprint density at radius 3 is 2.33 bits per heavy atom. The van der Waals surface area contributed by atoms with Crippen LogP contribution in [-0.2, 0) is 19.2 Å². The summed E-state index contributed by atoms with van der Waals surface area (Å²) < 4.78 is 0. The molecule has 2 aliphatic rings. The van der Waals surface area contributed by atoms with E-state index in [9.17, 15) is 24.3 Å². The lowest BCUT2D eigenvalue weighted by molar-refractivity contribution is -0.156. The summed E-state index contributed by atoms with van der Waals surface area (Å²) in [7, 11) is 3.45. The summed E-state index contributed by atoms with van der Waals surface area (Å²) in [6, 6.07) is 6.74. The number of nitrogens with one attached hydrogen (secondary N) is 1. The number of fused-ring (bicyclic) bond motifs is 1. The molecule has 2 aliphatic heterocycles. The van der Waals surface area contributed by atoms with Crippen molar-refractivity contribution in [1.82, 2.24) is 15.1 Å². The third kappa shape index (κ3) is 4.98. The molecular formula is C20H25ClN4O5. The zero-order valence-corrected chi connectivity index (χ0v) is 17.7. The van der Waals surface area contributed by atoms with E-state index in [0.717, 1.165) is 4.90 Å². The average molecular weight is 437 g/mol. The van der Waals surface area contributed by atoms with E-state index in [-0.39, 0.29) is 16.6 Å². The number of carboxylic acids is 1. The van der Waals surface area contributed by atoms with Crippen LogP contribution >= 0.6 is 11.6 Å². The van der Waals surface area contributed by atoms with Crippen LogP contribution in [0.15, 0.2) is 41.1 Å². The molecule has 162 valence electrons. The molecular weight excluding hydrogens is 412 g/mol. The molecule has 30 heavy (non-hydrogen) atoms. The maximum absolute atomic E-state index is 12.3. The van der Waals surface area contributed by atoms with E-state index in [1.807, 2.05) is 6.07 Å². The Kier molecular flexibility index (Phi) is 7.58. The number of carbonyl (C=O) groups excluding carboxylic acids is 3. The Morgan fingerprint density at radius 2 is 1.83 bits per heavy atom. The molecule has 0 aromatic heterocycles. The molecule has 3 amide bonds. The number of carboxylic acid groups (broad SMARTS) is 1. The van der Waals surface area contributed by atoms with Crippen LogP contribution in [0.5, 0.6) is 0 Å². The van der Waals surface area contributed by atoms with Gasteiger partial charge in [0.15, 0.2) is 0 Å². The van der Waals surface area contributed by atoms with Crippen LogP contribution in [0.2, 0.25) is 0 Å². The molecule has 0 spiro atoms. The molecule has 1 aromatic carbocycles. The fourth-order valence-electron chi connectivity index (χ4n) is 3.07. The molecule has 1 saturated heterocycles. The van der Waals surface area contributed by atoms with E-state index in [2.05, 4.69) is 5.32 Å². The van der Waals surface area contributed by atoms with E-state index < -0.39 is 35.9 Å². The minimum Gasteiger partial charge on any atom is -0.477 e. The molecule has 4 N–H and O–H groups in total. The molecule has 3 rings (SSSR count). The predicted molar refractivity (Wildman–Crippen MR) is 110 cm³/mol. The lowest BCUT2D eigenvalue weighted by Crippen LogP contribution is -2.72. The van der Waals surface area contributed by atoms with Crippen molar-refractivity contribution in [2.45, 2.75) is 37.9 Å². The third-order valence-electron chi connectivity index (χ3n) is 4.95. The first-order valence-electron chi connectivity index (χ1n) is 9.30. The van der Waals surface area contributed by atoms with Crippen molar-refractivity contribution >= 4 is 35.3 Å². The summed E-state index contributed by atoms with van der Waals surface area (Å²) in [6.07, 6.45) is 0.849. The molecule has 10 heteroatoms. The minimum absolute atomic E-state index is 0.0926. The van der Waals surface area contributed by atoms with Gasteiger partial charge in [0.25, 0.3) is 5.91 Å². The van der Waals surface area contributed by atoms with Gasteiger partial charge in [0.2, 0.25) is 11.8 Å². The molecule has 3 unspecified atom stereocenters. The highest BCUT2D eigenvalue weighted by molar-refractivity contribution is 6.32. The van der Waals surface area contributed by atoms with Gasteiger partial charge in [-0.15, -0.1) is 0 Å². The lowest BCUT2D eigenvalue weighted by atomic mass is 9.86. The second kappa shape index (κ2) is 9.73. The van der Waals surface area contributed by atoms with Crippen molar-refractivity contribution in [2.24, 2.45) is 5.73 Å². The van der Waals surface area contributed by atoms with Gasteiger partial charge < -0.3 is 21.1 Å². The molecule has 1 fully saturated rings. The van der Waals surface area contributed by atoms with Gasteiger partial charge in [0.05, 0.1) is 6.04 Å². The first kappa shape index (κ1) is 23.4. The number of hydrogen-bond acceptors (Lipinski definition) is 5. The quantitative estimate of drug-likeness (QED) is 0.598. The number of amides is 3. The Balaban J connectivity index is 0.000000469. The summed E-state index contributed by atoms with van der Waals surface area (Å²) in [4.78, 5) is 48.6. The summed E-state index contributed by atoms with van der Waals surface area (Å²) >= 11 is 5.92. The summed E-state index contributed by atoms with van der Waals surface area (Å²) in [5.41, 5.74) is 6.35. The van der Waals surface area contributed by atoms with Crippen molar-refractivity contribution in [1.29, 1.82) is 0 Å². The van der Waals surface area contributed by atoms with Gasteiger partial charge in [0, 0.05) is 26.1 Å². The first-order chi connectivity index (χ1) is 14.1. The topological polar surface area (TPSA) is 133 Å². The normalized spacial score (nSPS) is 20.8. The number of β-lactam (4-membered cyclic amide) rings is 1. The first-order valence-corrected chi connectivity index (χ1v) is 9.67. The fraction of sp³-hybridized carbons (Fsp3) is 0.400. The van der Waals surface area contributed by atoms with Gasteiger partial charge in [-0.05, 0) is 18.4 Å². The number of halogens is 1. The van der Waals surface area contributed by atoms with Crippen molar-refractivity contribution in [2.75, 3.05) is 14.1 Å². The van der Waals surface area contributed by atoms with Crippen LogP contribution in [0.1, 0.15) is 31.4 Å². The smallest absolute Gasteiger partial charge is 0.353 e. The monoisotopic (exact) mass is 436 g/mol. The zero-order valence-electron chi connectivity index (χ0n) is 17.0. The second-order valence-corrected chi connectivity index (χ2v) is 7.62. The van der Waals surface area contributed by atoms with Crippen molar-refractivity contribution in [3.63, 3.8) is 0 Å². The maximum atomic E-state index is 12.3. The zero-order chi connectivity index (χ0) is 22.6. The van der Waals surface area contributed by atoms with E-state index in [0.29, 0.717) is 18.4 Å². The Hall–Kier alpha value is -2.91. The number of rotatable bonds is 4. The number of aliphatic carboxylic acids is 1. The Labute approximate surface area is 179 Å². The van der Waals surface area contributed by atoms with E-state index >= 15 is 0 Å². The van der Waals surface area contributed by atoms with Crippen LogP contribution < -0.4 is 11.1 Å². The van der Waals surface area contributed by atoms with Gasteiger partial charge in [-0.3, -0.25) is 19.3 Å². The van der Waals surface area contributed by atoms with Crippen LogP contribution in [0.4, 0.5) is 0 Å². The molecule has 1 aromatic rings. The summed E-state index contributed by atoms with van der Waals surface area (Å²) in [5.74, 6) is -2.11. The van der Waals surface area contributed by atoms with Gasteiger partial charge in [-0.2, -0.15) is 0 Å². The minimum atomic E-state index is -1.25. The Morgan fingerprint density at radius 1 is 1.27 bits per heavy atom. The number of benzene rings is 1. The number of allylic oxidation sites excluding steroid dienone is 1. The number of nitrogens with two attached hydrogens (primary N) is 1. The van der Waals surface area contributed by atoms with Crippen LogP contribution in [0.25, 0.3) is 0 Å². The Bertz CT molecular complexity index is 871. The van der Waals surface area contributed by atoms with Gasteiger partial charge >= 0.3 is 5.97 Å². The lowest BCUT2D eigenvalue weighted by Gasteiger charge is -2.49. The van der Waals surface area contributed by atoms with Crippen LogP contribution in [-0.4, -0.2) is 64.8 Å². The van der Waals surface area contributed by atoms with Gasteiger partial charge in [-0.1, -0.05) is 41.9 Å². The third-order valence-corrected chi connectivity index (χ3v) is 5.32. The highest BCUT2D eigenvalue weighted by Crippen LogP contribution is 2.38. The van der Waals surface area contributed by atoms with E-state index in [4.69, 9.17) is 17.3 Å². The SMILES string of the molecule is CC(=O)N(C)C.NC(C(=O)NC1C(=O)N2C(C(=O)O)=C(Cl)CCC12)c1ccccc1. The van der Waals surface area contributed by atoms with E-state index in [1.54, 1.807) is 38.4 Å². The van der Waals surface area contributed by atoms with Crippen LogP contribution in [0.3, 0.4) is 0 Å². The largest absolute Gasteiger partial charge is 0.477 e. The highest BCUT2D eigenvalue weighted by atomic mass is 35.5. The number of hydrogen-bond donors (Lipinski definition) is 3. The molecule has 0 aliphatic carbocycles. The van der Waals surface area contributed by atoms with Crippen LogP contribution in [0, 0.1) is 0 Å². The molecule has 2 heterocycles. The standard InChI is InChI=1S/C16H16ClN3O4.C4H9NO/c17-9-6-7-10-12(15(22)20(10)13(9)16(23)24)19-14(21)11(18)8-4-2-1-3-5-8;1-4(6)5(2)3/h1-5,10-12H,6-7,18H2,(H,19,21)(H,23,24);1-3H3. The van der Waals surface area contributed by atoms with Crippen molar-refractivity contribution in [3.05, 3.63) is 46.6 Å². The molecule has 0 bridgehead atoms. The van der Waals surface area contributed by atoms with Gasteiger partial charge in [0.1, 0.15) is 17.8 Å². The molecule has 0 radical (unpaired) electrons. The second-order valence-electron chi connectivity index (χ2n) is 7.16. The number of nitrogens with zero attached hydrogens (tertiary/aromatic N) is 2. The summed E-state index contributed by atoms with van der Waals surface area (Å²) in [6.45, 7) is 1.53. The van der Waals surface area contributed by atoms with Crippen molar-refractivity contribution in [3.8, 4) is 0 Å². The fourth-order valence-corrected chi connectivity index (χ4v) is 3.35. The molecule has 3 atom stereocenters. The number of carbonyl (C=O) groups is 4. The summed E-state index contributed by atoms with van der Waals surface area (Å²) in [5, 5.41) is 12.0. The maximum Gasteiger partial charge on any atom is 0.353 e. The predicted octanol–water partition coefficient (Wildman–Crippen LogP) is 0.805. The molecule has 9 nitrogen and oxygen atoms in total. The van der Waals surface area contributed by atoms with E-state index in [1.165, 1.54) is 11.8 Å². The van der Waals surface area contributed by atoms with Gasteiger partial charge in [-0.25, -0.2) is 4.79 Å². The molecule has 0 saturated carbocycles.